The van der Waals surface area contributed by atoms with Crippen LogP contribution in [0.1, 0.15) is 5.56 Å². The summed E-state index contributed by atoms with van der Waals surface area (Å²) in [6, 6.07) is 11.0. The van der Waals surface area contributed by atoms with E-state index in [0.29, 0.717) is 11.5 Å². The summed E-state index contributed by atoms with van der Waals surface area (Å²) in [5.74, 6) is -0.780. The third-order valence-electron chi connectivity index (χ3n) is 3.18. The van der Waals surface area contributed by atoms with Gasteiger partial charge in [0.25, 0.3) is 5.91 Å². The molecule has 0 aromatic heterocycles. The first-order chi connectivity index (χ1) is 12.0. The molecule has 132 valence electrons. The standard InChI is InChI=1S/C18H18FNO5/c1-12-3-8-16(15(19)9-12)20-17(21)10-25-18(22)11-24-14-6-4-13(23-2)5-7-14/h3-9H,10-11H2,1-2H3,(H,20,21). The fourth-order valence-electron chi connectivity index (χ4n) is 1.91. The number of esters is 1. The summed E-state index contributed by atoms with van der Waals surface area (Å²) in [4.78, 5) is 23.3. The molecule has 0 aliphatic carbocycles. The molecule has 2 aromatic carbocycles. The van der Waals surface area contributed by atoms with Crippen LogP contribution >= 0.6 is 0 Å². The van der Waals surface area contributed by atoms with Gasteiger partial charge in [0.15, 0.2) is 13.2 Å². The molecule has 0 aliphatic rings. The third-order valence-corrected chi connectivity index (χ3v) is 3.18. The quantitative estimate of drug-likeness (QED) is 0.780. The van der Waals surface area contributed by atoms with Crippen LogP contribution in [0.3, 0.4) is 0 Å². The Morgan fingerprint density at radius 3 is 2.36 bits per heavy atom. The number of hydrogen-bond acceptors (Lipinski definition) is 5. The average Bonchev–Trinajstić information content (AvgIpc) is 2.61. The van der Waals surface area contributed by atoms with Gasteiger partial charge in [-0.05, 0) is 48.9 Å². The van der Waals surface area contributed by atoms with Crippen LogP contribution in [0.2, 0.25) is 0 Å². The Kier molecular flexibility index (Phi) is 6.33. The minimum absolute atomic E-state index is 0.0288. The van der Waals surface area contributed by atoms with Crippen LogP contribution in [0.5, 0.6) is 11.5 Å². The fourth-order valence-corrected chi connectivity index (χ4v) is 1.91. The molecule has 25 heavy (non-hydrogen) atoms. The van der Waals surface area contributed by atoms with E-state index in [2.05, 4.69) is 5.32 Å². The number of halogens is 1. The summed E-state index contributed by atoms with van der Waals surface area (Å²) in [5, 5.41) is 2.33. The van der Waals surface area contributed by atoms with Gasteiger partial charge in [-0.3, -0.25) is 4.79 Å². The highest BCUT2D eigenvalue weighted by Gasteiger charge is 2.11. The minimum Gasteiger partial charge on any atom is -0.497 e. The van der Waals surface area contributed by atoms with Crippen molar-refractivity contribution in [3.05, 3.63) is 53.8 Å². The lowest BCUT2D eigenvalue weighted by atomic mass is 10.2. The molecule has 0 heterocycles. The van der Waals surface area contributed by atoms with Crippen molar-refractivity contribution < 1.29 is 28.2 Å². The molecule has 0 fully saturated rings. The Labute approximate surface area is 144 Å². The molecule has 7 heteroatoms. The van der Waals surface area contributed by atoms with Crippen LogP contribution in [-0.4, -0.2) is 32.2 Å². The number of carbonyl (C=O) groups is 2. The molecule has 6 nitrogen and oxygen atoms in total. The first-order valence-electron chi connectivity index (χ1n) is 7.46. The summed E-state index contributed by atoms with van der Waals surface area (Å²) in [7, 11) is 1.54. The van der Waals surface area contributed by atoms with Crippen LogP contribution in [0.15, 0.2) is 42.5 Å². The number of aryl methyl sites for hydroxylation is 1. The van der Waals surface area contributed by atoms with Gasteiger partial charge in [-0.2, -0.15) is 0 Å². The van der Waals surface area contributed by atoms with Crippen LogP contribution in [0, 0.1) is 12.7 Å². The zero-order chi connectivity index (χ0) is 18.2. The molecule has 0 saturated heterocycles. The highest BCUT2D eigenvalue weighted by atomic mass is 19.1. The van der Waals surface area contributed by atoms with Gasteiger partial charge in [0, 0.05) is 0 Å². The van der Waals surface area contributed by atoms with Crippen molar-refractivity contribution in [2.24, 2.45) is 0 Å². The maximum absolute atomic E-state index is 13.6. The number of benzene rings is 2. The van der Waals surface area contributed by atoms with E-state index in [1.54, 1.807) is 44.4 Å². The van der Waals surface area contributed by atoms with Gasteiger partial charge in [0.2, 0.25) is 0 Å². The van der Waals surface area contributed by atoms with Crippen molar-refractivity contribution in [3.8, 4) is 11.5 Å². The Bertz CT molecular complexity index is 746. The molecule has 0 unspecified atom stereocenters. The highest BCUT2D eigenvalue weighted by molar-refractivity contribution is 5.93. The van der Waals surface area contributed by atoms with Gasteiger partial charge >= 0.3 is 5.97 Å². The molecule has 0 aliphatic heterocycles. The maximum Gasteiger partial charge on any atom is 0.344 e. The predicted octanol–water partition coefficient (Wildman–Crippen LogP) is 2.70. The zero-order valence-corrected chi connectivity index (χ0v) is 13.9. The molecule has 2 rings (SSSR count). The van der Waals surface area contributed by atoms with E-state index in [1.807, 2.05) is 0 Å². The molecule has 0 atom stereocenters. The summed E-state index contributed by atoms with van der Waals surface area (Å²) in [6.45, 7) is 0.857. The van der Waals surface area contributed by atoms with E-state index < -0.39 is 24.3 Å². The second-order valence-electron chi connectivity index (χ2n) is 5.16. The first kappa shape index (κ1) is 18.3. The number of ether oxygens (including phenoxy) is 3. The SMILES string of the molecule is COc1ccc(OCC(=O)OCC(=O)Nc2ccc(C)cc2F)cc1. The van der Waals surface area contributed by atoms with Crippen LogP contribution < -0.4 is 14.8 Å². The largest absolute Gasteiger partial charge is 0.497 e. The number of rotatable bonds is 7. The first-order valence-corrected chi connectivity index (χ1v) is 7.46. The van der Waals surface area contributed by atoms with E-state index in [4.69, 9.17) is 14.2 Å². The molecule has 0 bridgehead atoms. The second-order valence-corrected chi connectivity index (χ2v) is 5.16. The van der Waals surface area contributed by atoms with E-state index in [-0.39, 0.29) is 12.3 Å². The Balaban J connectivity index is 1.74. The van der Waals surface area contributed by atoms with Crippen molar-refractivity contribution in [1.82, 2.24) is 0 Å². The van der Waals surface area contributed by atoms with Gasteiger partial charge in [0.1, 0.15) is 17.3 Å². The highest BCUT2D eigenvalue weighted by Crippen LogP contribution is 2.17. The van der Waals surface area contributed by atoms with E-state index >= 15 is 0 Å². The normalized spacial score (nSPS) is 10.0. The fraction of sp³-hybridized carbons (Fsp3) is 0.222. The van der Waals surface area contributed by atoms with E-state index in [0.717, 1.165) is 5.56 Å². The lowest BCUT2D eigenvalue weighted by molar-refractivity contribution is -0.149. The third kappa shape index (κ3) is 5.80. The average molecular weight is 347 g/mol. The van der Waals surface area contributed by atoms with Gasteiger partial charge in [-0.1, -0.05) is 6.07 Å². The maximum atomic E-state index is 13.6. The van der Waals surface area contributed by atoms with Crippen molar-refractivity contribution in [1.29, 1.82) is 0 Å². The molecular weight excluding hydrogens is 329 g/mol. The van der Waals surface area contributed by atoms with Crippen LogP contribution in [0.4, 0.5) is 10.1 Å². The van der Waals surface area contributed by atoms with Crippen LogP contribution in [-0.2, 0) is 14.3 Å². The lowest BCUT2D eigenvalue weighted by Gasteiger charge is -2.09. The number of methoxy groups -OCH3 is 1. The molecule has 0 radical (unpaired) electrons. The van der Waals surface area contributed by atoms with Gasteiger partial charge in [-0.25, -0.2) is 9.18 Å². The van der Waals surface area contributed by atoms with Crippen molar-refractivity contribution in [3.63, 3.8) is 0 Å². The lowest BCUT2D eigenvalue weighted by Crippen LogP contribution is -2.24. The number of anilines is 1. The number of carbonyl (C=O) groups excluding carboxylic acids is 2. The summed E-state index contributed by atoms with van der Waals surface area (Å²) >= 11 is 0. The van der Waals surface area contributed by atoms with E-state index in [1.165, 1.54) is 12.1 Å². The monoisotopic (exact) mass is 347 g/mol. The summed E-state index contributed by atoms with van der Waals surface area (Å²) in [5.41, 5.74) is 0.763. The van der Waals surface area contributed by atoms with Crippen molar-refractivity contribution in [2.75, 3.05) is 25.6 Å². The molecule has 1 amide bonds. The number of nitrogens with one attached hydrogen (secondary N) is 1. The second kappa shape index (κ2) is 8.68. The topological polar surface area (TPSA) is 73.9 Å². The summed E-state index contributed by atoms with van der Waals surface area (Å²) < 4.78 is 28.6. The van der Waals surface area contributed by atoms with Crippen molar-refractivity contribution in [2.45, 2.75) is 6.92 Å². The Hall–Kier alpha value is -3.09. The summed E-state index contributed by atoms with van der Waals surface area (Å²) in [6.07, 6.45) is 0. The Morgan fingerprint density at radius 2 is 1.72 bits per heavy atom. The number of amides is 1. The van der Waals surface area contributed by atoms with Gasteiger partial charge in [-0.15, -0.1) is 0 Å². The van der Waals surface area contributed by atoms with Gasteiger partial charge in [0.05, 0.1) is 12.8 Å². The molecule has 2 aromatic rings. The minimum atomic E-state index is -0.713. The molecular formula is C18H18FNO5. The van der Waals surface area contributed by atoms with Crippen LogP contribution in [0.25, 0.3) is 0 Å². The molecule has 1 N–H and O–H groups in total. The predicted molar refractivity (Wildman–Crippen MR) is 89.2 cm³/mol. The zero-order valence-electron chi connectivity index (χ0n) is 13.9. The number of hydrogen-bond donors (Lipinski definition) is 1. The van der Waals surface area contributed by atoms with E-state index in [9.17, 15) is 14.0 Å². The smallest absolute Gasteiger partial charge is 0.344 e. The molecule has 0 spiro atoms. The van der Waals surface area contributed by atoms with Crippen molar-refractivity contribution >= 4 is 17.6 Å². The van der Waals surface area contributed by atoms with Gasteiger partial charge < -0.3 is 19.5 Å². The molecule has 0 saturated carbocycles. The Morgan fingerprint density at radius 1 is 1.04 bits per heavy atom.